The van der Waals surface area contributed by atoms with Gasteiger partial charge in [0.05, 0.1) is 13.3 Å². The molecule has 0 bridgehead atoms. The number of ether oxygens (including phenoxy) is 1. The first-order valence-electron chi connectivity index (χ1n) is 5.81. The molecule has 19 heavy (non-hydrogen) atoms. The molecule has 2 rings (SSSR count). The molecule has 0 aliphatic heterocycles. The van der Waals surface area contributed by atoms with Gasteiger partial charge in [0.2, 0.25) is 0 Å². The average molecular weight is 279 g/mol. The van der Waals surface area contributed by atoms with Gasteiger partial charge in [-0.25, -0.2) is 4.98 Å². The molecule has 0 spiro atoms. The molecular formula is C13H15ClN4O. The van der Waals surface area contributed by atoms with Crippen molar-refractivity contribution in [2.75, 3.05) is 12.4 Å². The number of benzene rings is 1. The Morgan fingerprint density at radius 3 is 2.89 bits per heavy atom. The summed E-state index contributed by atoms with van der Waals surface area (Å²) in [5, 5.41) is 3.61. The predicted molar refractivity (Wildman–Crippen MR) is 75.3 cm³/mol. The number of nitrogens with zero attached hydrogens (tertiary/aromatic N) is 2. The molecule has 0 unspecified atom stereocenters. The van der Waals surface area contributed by atoms with Gasteiger partial charge in [0.15, 0.2) is 5.82 Å². The van der Waals surface area contributed by atoms with Gasteiger partial charge in [-0.1, -0.05) is 35.9 Å². The third kappa shape index (κ3) is 3.56. The minimum absolute atomic E-state index is 0.280. The van der Waals surface area contributed by atoms with Crippen molar-refractivity contribution in [3.05, 3.63) is 46.6 Å². The standard InChI is InChI=1S/C13H15ClN4O/c1-19-13-17-8-11(14)12(18-13)16-7-10-4-2-3-9(5-10)6-15/h2-5,8H,6-7,15H2,1H3,(H,16,17,18). The number of nitrogens with one attached hydrogen (secondary N) is 1. The molecule has 5 nitrogen and oxygen atoms in total. The zero-order chi connectivity index (χ0) is 13.7. The lowest BCUT2D eigenvalue weighted by Crippen LogP contribution is -2.05. The van der Waals surface area contributed by atoms with Crippen LogP contribution in [0.4, 0.5) is 5.82 Å². The molecule has 1 aromatic carbocycles. The Kier molecular flexibility index (Phi) is 4.54. The summed E-state index contributed by atoms with van der Waals surface area (Å²) in [4.78, 5) is 8.07. The van der Waals surface area contributed by atoms with Crippen molar-refractivity contribution in [2.24, 2.45) is 5.73 Å². The molecule has 3 N–H and O–H groups in total. The van der Waals surface area contributed by atoms with E-state index in [1.54, 1.807) is 0 Å². The second-order valence-corrected chi connectivity index (χ2v) is 4.34. The highest BCUT2D eigenvalue weighted by molar-refractivity contribution is 6.32. The normalized spacial score (nSPS) is 10.3. The second kappa shape index (κ2) is 6.36. The van der Waals surface area contributed by atoms with Crippen LogP contribution in [0.5, 0.6) is 6.01 Å². The Morgan fingerprint density at radius 1 is 1.37 bits per heavy atom. The number of anilines is 1. The van der Waals surface area contributed by atoms with E-state index >= 15 is 0 Å². The highest BCUT2D eigenvalue weighted by Crippen LogP contribution is 2.20. The molecule has 0 saturated carbocycles. The zero-order valence-electron chi connectivity index (χ0n) is 10.6. The molecule has 0 atom stereocenters. The van der Waals surface area contributed by atoms with Crippen LogP contribution >= 0.6 is 11.6 Å². The van der Waals surface area contributed by atoms with Gasteiger partial charge in [0.25, 0.3) is 0 Å². The molecule has 1 aromatic heterocycles. The maximum absolute atomic E-state index is 6.01. The van der Waals surface area contributed by atoms with Crippen molar-refractivity contribution in [3.63, 3.8) is 0 Å². The van der Waals surface area contributed by atoms with E-state index in [1.807, 2.05) is 24.3 Å². The van der Waals surface area contributed by atoms with Crippen LogP contribution in [0.1, 0.15) is 11.1 Å². The Hall–Kier alpha value is -1.85. The Labute approximate surface area is 116 Å². The first kappa shape index (κ1) is 13.6. The van der Waals surface area contributed by atoms with E-state index in [9.17, 15) is 0 Å². The smallest absolute Gasteiger partial charge is 0.318 e. The fourth-order valence-corrected chi connectivity index (χ4v) is 1.78. The molecule has 0 aliphatic rings. The fraction of sp³-hybridized carbons (Fsp3) is 0.231. The number of rotatable bonds is 5. The summed E-state index contributed by atoms with van der Waals surface area (Å²) in [5.41, 5.74) is 7.81. The molecular weight excluding hydrogens is 264 g/mol. The van der Waals surface area contributed by atoms with Crippen LogP contribution < -0.4 is 15.8 Å². The van der Waals surface area contributed by atoms with Crippen molar-refractivity contribution in [3.8, 4) is 6.01 Å². The minimum Gasteiger partial charge on any atom is -0.467 e. The van der Waals surface area contributed by atoms with E-state index in [1.165, 1.54) is 13.3 Å². The van der Waals surface area contributed by atoms with E-state index in [2.05, 4.69) is 15.3 Å². The van der Waals surface area contributed by atoms with E-state index < -0.39 is 0 Å². The maximum atomic E-state index is 6.01. The number of aromatic nitrogens is 2. The quantitative estimate of drug-likeness (QED) is 0.877. The summed E-state index contributed by atoms with van der Waals surface area (Å²) in [6.45, 7) is 1.13. The van der Waals surface area contributed by atoms with Gasteiger partial charge in [-0.3, -0.25) is 0 Å². The lowest BCUT2D eigenvalue weighted by atomic mass is 10.1. The molecule has 0 fully saturated rings. The van der Waals surface area contributed by atoms with Gasteiger partial charge in [-0.15, -0.1) is 0 Å². The van der Waals surface area contributed by atoms with Gasteiger partial charge in [-0.05, 0) is 11.1 Å². The SMILES string of the molecule is COc1ncc(Cl)c(NCc2cccc(CN)c2)n1. The van der Waals surface area contributed by atoms with Gasteiger partial charge in [0, 0.05) is 13.1 Å². The number of hydrogen-bond acceptors (Lipinski definition) is 5. The molecule has 100 valence electrons. The van der Waals surface area contributed by atoms with Crippen molar-refractivity contribution >= 4 is 17.4 Å². The summed E-state index contributed by atoms with van der Waals surface area (Å²) in [6.07, 6.45) is 1.51. The van der Waals surface area contributed by atoms with Crippen LogP contribution in [0.2, 0.25) is 5.02 Å². The summed E-state index contributed by atoms with van der Waals surface area (Å²) in [7, 11) is 1.51. The van der Waals surface area contributed by atoms with Crippen molar-refractivity contribution in [2.45, 2.75) is 13.1 Å². The van der Waals surface area contributed by atoms with E-state index in [-0.39, 0.29) is 6.01 Å². The monoisotopic (exact) mass is 278 g/mol. The average Bonchev–Trinajstić information content (AvgIpc) is 2.46. The van der Waals surface area contributed by atoms with E-state index in [0.29, 0.717) is 23.9 Å². The number of hydrogen-bond donors (Lipinski definition) is 2. The van der Waals surface area contributed by atoms with Gasteiger partial charge < -0.3 is 15.8 Å². The van der Waals surface area contributed by atoms with Crippen LogP contribution in [-0.2, 0) is 13.1 Å². The fourth-order valence-electron chi connectivity index (χ4n) is 1.63. The minimum atomic E-state index is 0.280. The maximum Gasteiger partial charge on any atom is 0.318 e. The Morgan fingerprint density at radius 2 is 2.16 bits per heavy atom. The molecule has 0 amide bonds. The largest absolute Gasteiger partial charge is 0.467 e. The molecule has 6 heteroatoms. The first-order valence-corrected chi connectivity index (χ1v) is 6.19. The second-order valence-electron chi connectivity index (χ2n) is 3.93. The first-order chi connectivity index (χ1) is 9.22. The summed E-state index contributed by atoms with van der Waals surface area (Å²) < 4.78 is 4.96. The van der Waals surface area contributed by atoms with E-state index in [4.69, 9.17) is 22.1 Å². The van der Waals surface area contributed by atoms with Crippen LogP contribution in [0.15, 0.2) is 30.5 Å². The van der Waals surface area contributed by atoms with Crippen LogP contribution in [-0.4, -0.2) is 17.1 Å². The highest BCUT2D eigenvalue weighted by Gasteiger charge is 2.05. The number of halogens is 1. The van der Waals surface area contributed by atoms with Crippen LogP contribution in [0.3, 0.4) is 0 Å². The summed E-state index contributed by atoms with van der Waals surface area (Å²) >= 11 is 6.01. The van der Waals surface area contributed by atoms with Crippen molar-refractivity contribution < 1.29 is 4.74 Å². The lowest BCUT2D eigenvalue weighted by Gasteiger charge is -2.09. The zero-order valence-corrected chi connectivity index (χ0v) is 11.3. The topological polar surface area (TPSA) is 73.1 Å². The number of methoxy groups -OCH3 is 1. The summed E-state index contributed by atoms with van der Waals surface area (Å²) in [5.74, 6) is 0.548. The lowest BCUT2D eigenvalue weighted by molar-refractivity contribution is 0.380. The van der Waals surface area contributed by atoms with Crippen molar-refractivity contribution in [1.29, 1.82) is 0 Å². The van der Waals surface area contributed by atoms with Gasteiger partial charge in [0.1, 0.15) is 5.02 Å². The van der Waals surface area contributed by atoms with Crippen LogP contribution in [0.25, 0.3) is 0 Å². The molecule has 0 aliphatic carbocycles. The van der Waals surface area contributed by atoms with E-state index in [0.717, 1.165) is 11.1 Å². The van der Waals surface area contributed by atoms with Gasteiger partial charge in [-0.2, -0.15) is 4.98 Å². The van der Waals surface area contributed by atoms with Crippen LogP contribution in [0, 0.1) is 0 Å². The third-order valence-corrected chi connectivity index (χ3v) is 2.87. The molecule has 1 heterocycles. The molecule has 0 saturated heterocycles. The number of nitrogens with two attached hydrogens (primary N) is 1. The van der Waals surface area contributed by atoms with Gasteiger partial charge >= 0.3 is 6.01 Å². The predicted octanol–water partition coefficient (Wildman–Crippen LogP) is 2.21. The Bertz CT molecular complexity index is 562. The molecule has 0 radical (unpaired) electrons. The highest BCUT2D eigenvalue weighted by atomic mass is 35.5. The third-order valence-electron chi connectivity index (χ3n) is 2.59. The summed E-state index contributed by atoms with van der Waals surface area (Å²) in [6, 6.07) is 8.30. The Balaban J connectivity index is 2.09. The molecule has 2 aromatic rings. The van der Waals surface area contributed by atoms with Crippen molar-refractivity contribution in [1.82, 2.24) is 9.97 Å².